The molecule has 0 aliphatic rings. The molecule has 0 unspecified atom stereocenters. The van der Waals surface area contributed by atoms with Crippen LogP contribution in [0.4, 0.5) is 4.39 Å². The Morgan fingerprint density at radius 1 is 0.852 bits per heavy atom. The first kappa shape index (κ1) is 15.7. The van der Waals surface area contributed by atoms with Crippen molar-refractivity contribution in [2.75, 3.05) is 0 Å². The second-order valence-electron chi connectivity index (χ2n) is 6.52. The summed E-state index contributed by atoms with van der Waals surface area (Å²) in [5.74, 6) is 0.573. The number of tetrazole rings is 1. The van der Waals surface area contributed by atoms with Gasteiger partial charge >= 0.3 is 0 Å². The van der Waals surface area contributed by atoms with E-state index in [-0.39, 0.29) is 0 Å². The first-order chi connectivity index (χ1) is 13.3. The molecule has 0 saturated heterocycles. The number of fused-ring (bicyclic) bond motifs is 3. The average molecular weight is 357 g/mol. The molecule has 0 radical (unpaired) electrons. The molecule has 0 aliphatic heterocycles. The molecule has 5 nitrogen and oxygen atoms in total. The van der Waals surface area contributed by atoms with Gasteiger partial charge in [0.2, 0.25) is 5.82 Å². The van der Waals surface area contributed by atoms with Crippen molar-refractivity contribution in [3.63, 3.8) is 0 Å². The van der Waals surface area contributed by atoms with Gasteiger partial charge in [0.1, 0.15) is 6.67 Å². The highest BCUT2D eigenvalue weighted by Gasteiger charge is 2.13. The zero-order chi connectivity index (χ0) is 18.2. The van der Waals surface area contributed by atoms with Crippen LogP contribution in [-0.4, -0.2) is 25.2 Å². The number of aromatic amines is 1. The molecule has 2 heterocycles. The molecule has 5 rings (SSSR count). The van der Waals surface area contributed by atoms with Crippen LogP contribution in [0.1, 0.15) is 11.1 Å². The van der Waals surface area contributed by atoms with Crippen LogP contribution in [0.25, 0.3) is 33.2 Å². The minimum atomic E-state index is -0.449. The summed E-state index contributed by atoms with van der Waals surface area (Å²) in [6, 6.07) is 22.2. The summed E-state index contributed by atoms with van der Waals surface area (Å²) >= 11 is 0. The summed E-state index contributed by atoms with van der Waals surface area (Å²) in [5.41, 5.74) is 4.96. The van der Waals surface area contributed by atoms with Crippen LogP contribution in [-0.2, 0) is 13.2 Å². The molecule has 0 spiro atoms. The van der Waals surface area contributed by atoms with E-state index in [1.54, 1.807) is 0 Å². The van der Waals surface area contributed by atoms with Crippen LogP contribution in [0.3, 0.4) is 0 Å². The molecule has 2 aromatic heterocycles. The van der Waals surface area contributed by atoms with Crippen molar-refractivity contribution in [3.05, 3.63) is 77.9 Å². The second kappa shape index (κ2) is 6.32. The summed E-state index contributed by atoms with van der Waals surface area (Å²) in [7, 11) is 0. The van der Waals surface area contributed by atoms with E-state index in [4.69, 9.17) is 0 Å². The smallest absolute Gasteiger partial charge is 0.204 e. The molecular weight excluding hydrogens is 341 g/mol. The largest absolute Gasteiger partial charge is 0.336 e. The van der Waals surface area contributed by atoms with E-state index >= 15 is 0 Å². The summed E-state index contributed by atoms with van der Waals surface area (Å²) in [4.78, 5) is 0. The minimum Gasteiger partial charge on any atom is -0.336 e. The van der Waals surface area contributed by atoms with Crippen molar-refractivity contribution >= 4 is 21.8 Å². The van der Waals surface area contributed by atoms with Gasteiger partial charge < -0.3 is 4.57 Å². The van der Waals surface area contributed by atoms with Gasteiger partial charge in [-0.25, -0.2) is 4.39 Å². The zero-order valence-corrected chi connectivity index (χ0v) is 14.4. The van der Waals surface area contributed by atoms with Crippen LogP contribution < -0.4 is 0 Å². The van der Waals surface area contributed by atoms with Gasteiger partial charge in [-0.1, -0.05) is 42.5 Å². The van der Waals surface area contributed by atoms with Crippen molar-refractivity contribution in [2.24, 2.45) is 0 Å². The standard InChI is InChI=1S/C21H16FN5/c22-12-14-4-3-5-15(10-14)13-27-19-7-2-1-6-17(19)18-11-16(8-9-20(18)27)21-23-25-26-24-21/h1-11H,12-13H2,(H,23,24,25,26). The van der Waals surface area contributed by atoms with Gasteiger partial charge in [-0.05, 0) is 40.6 Å². The fraction of sp³-hybridized carbons (Fsp3) is 0.0952. The number of para-hydroxylation sites is 1. The number of H-pyrrole nitrogens is 1. The van der Waals surface area contributed by atoms with Gasteiger partial charge in [-0.15, -0.1) is 10.2 Å². The van der Waals surface area contributed by atoms with E-state index in [0.717, 1.165) is 27.5 Å². The third-order valence-corrected chi connectivity index (χ3v) is 4.86. The highest BCUT2D eigenvalue weighted by molar-refractivity contribution is 6.09. The van der Waals surface area contributed by atoms with E-state index in [9.17, 15) is 4.39 Å². The van der Waals surface area contributed by atoms with Crippen LogP contribution >= 0.6 is 0 Å². The third-order valence-electron chi connectivity index (χ3n) is 4.86. The SMILES string of the molecule is FCc1cccc(Cn2c3ccccc3c3cc(-c4nn[nH]n4)ccc32)c1. The van der Waals surface area contributed by atoms with Gasteiger partial charge in [-0.3, -0.25) is 0 Å². The lowest BCUT2D eigenvalue weighted by atomic mass is 10.1. The predicted molar refractivity (Wildman–Crippen MR) is 103 cm³/mol. The van der Waals surface area contributed by atoms with Gasteiger partial charge in [0, 0.05) is 33.9 Å². The van der Waals surface area contributed by atoms with Gasteiger partial charge in [0.05, 0.1) is 0 Å². The van der Waals surface area contributed by atoms with E-state index in [2.05, 4.69) is 49.5 Å². The first-order valence-electron chi connectivity index (χ1n) is 8.72. The van der Waals surface area contributed by atoms with E-state index in [1.165, 1.54) is 5.39 Å². The molecule has 0 saturated carbocycles. The Bertz CT molecular complexity index is 1240. The van der Waals surface area contributed by atoms with E-state index < -0.39 is 6.67 Å². The lowest BCUT2D eigenvalue weighted by Gasteiger charge is -2.09. The second-order valence-corrected chi connectivity index (χ2v) is 6.52. The zero-order valence-electron chi connectivity index (χ0n) is 14.4. The number of benzene rings is 3. The van der Waals surface area contributed by atoms with E-state index in [1.807, 2.05) is 42.5 Å². The van der Waals surface area contributed by atoms with Gasteiger partial charge in [-0.2, -0.15) is 5.21 Å². The fourth-order valence-corrected chi connectivity index (χ4v) is 3.64. The van der Waals surface area contributed by atoms with Crippen molar-refractivity contribution in [1.82, 2.24) is 25.2 Å². The molecule has 27 heavy (non-hydrogen) atoms. The predicted octanol–water partition coefficient (Wildman–Crippen LogP) is 4.49. The molecule has 0 aliphatic carbocycles. The number of hydrogen-bond acceptors (Lipinski definition) is 3. The molecular formula is C21H16FN5. The Morgan fingerprint density at radius 2 is 1.70 bits per heavy atom. The Labute approximate surface area is 154 Å². The number of nitrogens with zero attached hydrogens (tertiary/aromatic N) is 4. The Hall–Kier alpha value is -3.54. The van der Waals surface area contributed by atoms with Crippen LogP contribution in [0.2, 0.25) is 0 Å². The molecule has 6 heteroatoms. The normalized spacial score (nSPS) is 11.4. The maximum atomic E-state index is 13.0. The first-order valence-corrected chi connectivity index (χ1v) is 8.72. The fourth-order valence-electron chi connectivity index (χ4n) is 3.64. The number of rotatable bonds is 4. The number of halogens is 1. The number of hydrogen-bond donors (Lipinski definition) is 1. The maximum Gasteiger partial charge on any atom is 0.204 e. The molecule has 132 valence electrons. The average Bonchev–Trinajstić information content (AvgIpc) is 3.36. The van der Waals surface area contributed by atoms with Crippen molar-refractivity contribution < 1.29 is 4.39 Å². The topological polar surface area (TPSA) is 59.4 Å². The highest BCUT2D eigenvalue weighted by atomic mass is 19.1. The quantitative estimate of drug-likeness (QED) is 0.515. The van der Waals surface area contributed by atoms with Crippen molar-refractivity contribution in [3.8, 4) is 11.4 Å². The lowest BCUT2D eigenvalue weighted by Crippen LogP contribution is -2.00. The summed E-state index contributed by atoms with van der Waals surface area (Å²) in [6.45, 7) is 0.231. The molecule has 3 aromatic carbocycles. The van der Waals surface area contributed by atoms with Crippen LogP contribution in [0, 0.1) is 0 Å². The monoisotopic (exact) mass is 357 g/mol. The number of nitrogens with one attached hydrogen (secondary N) is 1. The summed E-state index contributed by atoms with van der Waals surface area (Å²) < 4.78 is 15.3. The highest BCUT2D eigenvalue weighted by Crippen LogP contribution is 2.32. The Balaban J connectivity index is 1.70. The Kier molecular flexibility index (Phi) is 3.67. The van der Waals surface area contributed by atoms with Crippen molar-refractivity contribution in [2.45, 2.75) is 13.2 Å². The van der Waals surface area contributed by atoms with Crippen molar-refractivity contribution in [1.29, 1.82) is 0 Å². The third kappa shape index (κ3) is 2.66. The van der Waals surface area contributed by atoms with Gasteiger partial charge in [0.15, 0.2) is 0 Å². The molecule has 5 aromatic rings. The summed E-state index contributed by atoms with van der Waals surface area (Å²) in [5, 5.41) is 16.6. The number of alkyl halides is 1. The van der Waals surface area contributed by atoms with Gasteiger partial charge in [0.25, 0.3) is 0 Å². The molecule has 0 atom stereocenters. The number of aromatic nitrogens is 5. The maximum absolute atomic E-state index is 13.0. The van der Waals surface area contributed by atoms with E-state index in [0.29, 0.717) is 17.9 Å². The summed E-state index contributed by atoms with van der Waals surface area (Å²) in [6.07, 6.45) is 0. The molecule has 0 bridgehead atoms. The Morgan fingerprint density at radius 3 is 2.56 bits per heavy atom. The molecule has 0 fully saturated rings. The molecule has 0 amide bonds. The minimum absolute atomic E-state index is 0.449. The lowest BCUT2D eigenvalue weighted by molar-refractivity contribution is 0.485. The van der Waals surface area contributed by atoms with Crippen LogP contribution in [0.5, 0.6) is 0 Å². The molecule has 1 N–H and O–H groups in total. The van der Waals surface area contributed by atoms with Crippen LogP contribution in [0.15, 0.2) is 66.7 Å².